The Balaban J connectivity index is 1.44. The molecular weight excluding hydrogens is 382 g/mol. The summed E-state index contributed by atoms with van der Waals surface area (Å²) in [4.78, 5) is 23.5. The lowest BCUT2D eigenvalue weighted by Gasteiger charge is -2.29. The first-order valence-electron chi connectivity index (χ1n) is 8.64. The molecule has 138 valence electrons. The van der Waals surface area contributed by atoms with Gasteiger partial charge in [-0.05, 0) is 18.2 Å². The number of carbonyl (C=O) groups is 1. The highest BCUT2D eigenvalue weighted by Crippen LogP contribution is 2.30. The Bertz CT molecular complexity index is 937. The van der Waals surface area contributed by atoms with Gasteiger partial charge in [0.1, 0.15) is 5.69 Å². The van der Waals surface area contributed by atoms with Crippen LogP contribution in [0.5, 0.6) is 0 Å². The Labute approximate surface area is 166 Å². The summed E-state index contributed by atoms with van der Waals surface area (Å²) in [7, 11) is 0. The molecule has 1 aromatic carbocycles. The van der Waals surface area contributed by atoms with Crippen LogP contribution in [-0.4, -0.2) is 42.1 Å². The number of halogens is 1. The molecule has 1 amide bonds. The van der Waals surface area contributed by atoms with Gasteiger partial charge in [0.2, 0.25) is 0 Å². The maximum atomic E-state index is 12.5. The van der Waals surface area contributed by atoms with Crippen LogP contribution < -0.4 is 15.5 Å². The van der Waals surface area contributed by atoms with Crippen molar-refractivity contribution < 1.29 is 4.79 Å². The number of pyridine rings is 1. The summed E-state index contributed by atoms with van der Waals surface area (Å²) in [5.41, 5.74) is 2.98. The SMILES string of the molecule is O=C(Nc1nc(-c2ccccc2Cl)cs1)c1ccc(N2CCNCC2)cn1. The number of aromatic nitrogens is 2. The van der Waals surface area contributed by atoms with Crippen molar-refractivity contribution in [3.8, 4) is 11.3 Å². The van der Waals surface area contributed by atoms with Crippen LogP contribution >= 0.6 is 22.9 Å². The first-order valence-corrected chi connectivity index (χ1v) is 9.90. The number of carbonyl (C=O) groups excluding carboxylic acids is 1. The summed E-state index contributed by atoms with van der Waals surface area (Å²) < 4.78 is 0. The average Bonchev–Trinajstić information content (AvgIpc) is 3.17. The lowest BCUT2D eigenvalue weighted by atomic mass is 10.2. The maximum Gasteiger partial charge on any atom is 0.276 e. The van der Waals surface area contributed by atoms with Gasteiger partial charge in [0.05, 0.1) is 17.6 Å². The molecule has 0 bridgehead atoms. The van der Waals surface area contributed by atoms with E-state index in [0.717, 1.165) is 43.1 Å². The number of anilines is 2. The largest absolute Gasteiger partial charge is 0.368 e. The van der Waals surface area contributed by atoms with Crippen LogP contribution in [0.2, 0.25) is 5.02 Å². The third-order valence-electron chi connectivity index (χ3n) is 4.34. The van der Waals surface area contributed by atoms with E-state index < -0.39 is 0 Å². The third-order valence-corrected chi connectivity index (χ3v) is 5.42. The molecule has 27 heavy (non-hydrogen) atoms. The molecule has 1 fully saturated rings. The summed E-state index contributed by atoms with van der Waals surface area (Å²) in [6.07, 6.45) is 1.75. The number of piperazine rings is 1. The van der Waals surface area contributed by atoms with Crippen LogP contribution in [0.1, 0.15) is 10.5 Å². The minimum Gasteiger partial charge on any atom is -0.368 e. The van der Waals surface area contributed by atoms with Gasteiger partial charge in [-0.15, -0.1) is 11.3 Å². The smallest absolute Gasteiger partial charge is 0.276 e. The average molecular weight is 400 g/mol. The van der Waals surface area contributed by atoms with Crippen molar-refractivity contribution in [1.82, 2.24) is 15.3 Å². The maximum absolute atomic E-state index is 12.5. The molecule has 3 aromatic rings. The fourth-order valence-electron chi connectivity index (χ4n) is 2.92. The summed E-state index contributed by atoms with van der Waals surface area (Å²) >= 11 is 7.57. The standard InChI is InChI=1S/C19H18ClN5OS/c20-15-4-2-1-3-14(15)17-12-27-19(23-17)24-18(26)16-6-5-13(11-22-16)25-9-7-21-8-10-25/h1-6,11-12,21H,7-10H2,(H,23,24,26). The van der Waals surface area contributed by atoms with Crippen LogP contribution in [0, 0.1) is 0 Å². The fraction of sp³-hybridized carbons (Fsp3) is 0.211. The Morgan fingerprint density at radius 2 is 2.00 bits per heavy atom. The quantitative estimate of drug-likeness (QED) is 0.702. The molecule has 6 nitrogen and oxygen atoms in total. The topological polar surface area (TPSA) is 70.2 Å². The third kappa shape index (κ3) is 4.10. The Morgan fingerprint density at radius 3 is 2.74 bits per heavy atom. The molecule has 0 aliphatic carbocycles. The van der Waals surface area contributed by atoms with Crippen LogP contribution in [0.4, 0.5) is 10.8 Å². The zero-order valence-corrected chi connectivity index (χ0v) is 16.1. The number of amides is 1. The van der Waals surface area contributed by atoms with Crippen molar-refractivity contribution in [2.75, 3.05) is 36.4 Å². The number of nitrogens with zero attached hydrogens (tertiary/aromatic N) is 3. The van der Waals surface area contributed by atoms with Gasteiger partial charge >= 0.3 is 0 Å². The predicted octanol–water partition coefficient (Wildman–Crippen LogP) is 3.52. The van der Waals surface area contributed by atoms with E-state index in [1.807, 2.05) is 35.7 Å². The molecule has 8 heteroatoms. The van der Waals surface area contributed by atoms with E-state index in [-0.39, 0.29) is 5.91 Å². The van der Waals surface area contributed by atoms with Crippen molar-refractivity contribution in [1.29, 1.82) is 0 Å². The molecule has 2 aromatic heterocycles. The second kappa shape index (κ2) is 8.04. The molecule has 2 N–H and O–H groups in total. The first-order chi connectivity index (χ1) is 13.2. The molecule has 3 heterocycles. The molecule has 1 saturated heterocycles. The lowest BCUT2D eigenvalue weighted by molar-refractivity contribution is 0.102. The summed E-state index contributed by atoms with van der Waals surface area (Å²) in [6.45, 7) is 3.80. The van der Waals surface area contributed by atoms with Gasteiger partial charge in [-0.3, -0.25) is 10.1 Å². The van der Waals surface area contributed by atoms with E-state index in [9.17, 15) is 4.79 Å². The molecule has 0 saturated carbocycles. The minimum atomic E-state index is -0.276. The number of nitrogens with one attached hydrogen (secondary N) is 2. The van der Waals surface area contributed by atoms with Gasteiger partial charge in [0, 0.05) is 42.1 Å². The predicted molar refractivity (Wildman–Crippen MR) is 110 cm³/mol. The van der Waals surface area contributed by atoms with Crippen LogP contribution in [-0.2, 0) is 0 Å². The van der Waals surface area contributed by atoms with Gasteiger partial charge in [-0.25, -0.2) is 9.97 Å². The van der Waals surface area contributed by atoms with Gasteiger partial charge < -0.3 is 10.2 Å². The molecule has 1 aliphatic rings. The summed E-state index contributed by atoms with van der Waals surface area (Å²) in [5.74, 6) is -0.276. The number of hydrogen-bond acceptors (Lipinski definition) is 6. The highest BCUT2D eigenvalue weighted by atomic mass is 35.5. The summed E-state index contributed by atoms with van der Waals surface area (Å²) in [6, 6.07) is 11.2. The lowest BCUT2D eigenvalue weighted by Crippen LogP contribution is -2.43. The fourth-order valence-corrected chi connectivity index (χ4v) is 3.85. The van der Waals surface area contributed by atoms with Crippen LogP contribution in [0.15, 0.2) is 48.0 Å². The molecule has 0 unspecified atom stereocenters. The molecule has 1 aliphatic heterocycles. The number of rotatable bonds is 4. The van der Waals surface area contributed by atoms with E-state index >= 15 is 0 Å². The number of hydrogen-bond donors (Lipinski definition) is 2. The zero-order chi connectivity index (χ0) is 18.6. The van der Waals surface area contributed by atoms with Gasteiger partial charge in [0.15, 0.2) is 5.13 Å². The molecule has 0 spiro atoms. The van der Waals surface area contributed by atoms with E-state index in [1.165, 1.54) is 11.3 Å². The minimum absolute atomic E-state index is 0.276. The van der Waals surface area contributed by atoms with E-state index in [2.05, 4.69) is 25.5 Å². The highest BCUT2D eigenvalue weighted by molar-refractivity contribution is 7.14. The van der Waals surface area contributed by atoms with E-state index in [0.29, 0.717) is 15.8 Å². The van der Waals surface area contributed by atoms with Crippen molar-refractivity contribution in [3.63, 3.8) is 0 Å². The number of thiazole rings is 1. The normalized spacial score (nSPS) is 14.2. The van der Waals surface area contributed by atoms with Crippen LogP contribution in [0.25, 0.3) is 11.3 Å². The number of benzene rings is 1. The van der Waals surface area contributed by atoms with E-state index in [1.54, 1.807) is 12.3 Å². The van der Waals surface area contributed by atoms with Gasteiger partial charge in [-0.1, -0.05) is 29.8 Å². The van der Waals surface area contributed by atoms with E-state index in [4.69, 9.17) is 11.6 Å². The van der Waals surface area contributed by atoms with Crippen molar-refractivity contribution in [2.24, 2.45) is 0 Å². The van der Waals surface area contributed by atoms with Gasteiger partial charge in [-0.2, -0.15) is 0 Å². The van der Waals surface area contributed by atoms with Crippen molar-refractivity contribution in [3.05, 3.63) is 58.7 Å². The van der Waals surface area contributed by atoms with Gasteiger partial charge in [0.25, 0.3) is 5.91 Å². The Hall–Kier alpha value is -2.48. The second-order valence-electron chi connectivity index (χ2n) is 6.11. The zero-order valence-electron chi connectivity index (χ0n) is 14.5. The Kier molecular flexibility index (Phi) is 5.33. The van der Waals surface area contributed by atoms with Crippen molar-refractivity contribution in [2.45, 2.75) is 0 Å². The molecular formula is C19H18ClN5OS. The highest BCUT2D eigenvalue weighted by Gasteiger charge is 2.14. The summed E-state index contributed by atoms with van der Waals surface area (Å²) in [5, 5.41) is 9.14. The second-order valence-corrected chi connectivity index (χ2v) is 7.38. The monoisotopic (exact) mass is 399 g/mol. The van der Waals surface area contributed by atoms with Crippen molar-refractivity contribution >= 4 is 39.7 Å². The molecule has 0 atom stereocenters. The van der Waals surface area contributed by atoms with Crippen LogP contribution in [0.3, 0.4) is 0 Å². The molecule has 0 radical (unpaired) electrons. The Morgan fingerprint density at radius 1 is 1.19 bits per heavy atom. The molecule has 4 rings (SSSR count). The first kappa shape index (κ1) is 17.9.